The summed E-state index contributed by atoms with van der Waals surface area (Å²) >= 11 is 0. The largest absolute Gasteiger partial charge is 0.512 e. The molecule has 1 aromatic carbocycles. The number of hydrogen-bond donors (Lipinski definition) is 0. The van der Waals surface area contributed by atoms with E-state index in [9.17, 15) is 22.1 Å². The summed E-state index contributed by atoms with van der Waals surface area (Å²) in [6, 6.07) is 2.07. The van der Waals surface area contributed by atoms with Crippen LogP contribution >= 0.6 is 0 Å². The van der Waals surface area contributed by atoms with E-state index in [1.807, 2.05) is 0 Å². The molecule has 0 spiro atoms. The standard InChI is InChI=1S/C7H4BF4O/c9-7-3-5(4-13)1-2-6(7)8(10,11)12/h1-4H/q-1. The van der Waals surface area contributed by atoms with Gasteiger partial charge in [0.1, 0.15) is 6.29 Å². The van der Waals surface area contributed by atoms with Crippen LogP contribution < -0.4 is 5.46 Å². The number of aldehydes is 1. The number of carbonyl (C=O) groups is 1. The molecule has 0 saturated heterocycles. The summed E-state index contributed by atoms with van der Waals surface area (Å²) in [7, 11) is 0. The fourth-order valence-electron chi connectivity index (χ4n) is 0.882. The summed E-state index contributed by atoms with van der Waals surface area (Å²) in [5, 5.41) is 0. The van der Waals surface area contributed by atoms with Gasteiger partial charge in [0.2, 0.25) is 0 Å². The summed E-state index contributed by atoms with van der Waals surface area (Å²) in [5.41, 5.74) is -1.41. The molecule has 0 bridgehead atoms. The van der Waals surface area contributed by atoms with E-state index in [1.54, 1.807) is 0 Å². The Kier molecular flexibility index (Phi) is 2.40. The molecule has 0 aliphatic rings. The van der Waals surface area contributed by atoms with Crippen LogP contribution in [0.4, 0.5) is 17.3 Å². The van der Waals surface area contributed by atoms with Crippen molar-refractivity contribution in [3.8, 4) is 0 Å². The average molecular weight is 191 g/mol. The van der Waals surface area contributed by atoms with Crippen molar-refractivity contribution in [2.75, 3.05) is 0 Å². The first-order valence-corrected chi connectivity index (χ1v) is 3.39. The van der Waals surface area contributed by atoms with Gasteiger partial charge in [-0.1, -0.05) is 17.6 Å². The molecular formula is C7H4BF4O-. The van der Waals surface area contributed by atoms with Crippen LogP contribution in [0, 0.1) is 5.82 Å². The molecule has 0 fully saturated rings. The molecule has 6 heteroatoms. The van der Waals surface area contributed by atoms with Crippen LogP contribution in [0.2, 0.25) is 0 Å². The van der Waals surface area contributed by atoms with Crippen molar-refractivity contribution >= 4 is 18.7 Å². The van der Waals surface area contributed by atoms with Gasteiger partial charge in [0.15, 0.2) is 0 Å². The van der Waals surface area contributed by atoms with Gasteiger partial charge in [-0.05, 0) is 6.07 Å². The molecular weight excluding hydrogens is 187 g/mol. The second kappa shape index (κ2) is 3.20. The van der Waals surface area contributed by atoms with Gasteiger partial charge < -0.3 is 12.9 Å². The highest BCUT2D eigenvalue weighted by Crippen LogP contribution is 2.12. The van der Waals surface area contributed by atoms with E-state index >= 15 is 0 Å². The maximum atomic E-state index is 12.7. The Morgan fingerprint density at radius 1 is 1.23 bits per heavy atom. The topological polar surface area (TPSA) is 17.1 Å². The van der Waals surface area contributed by atoms with E-state index in [0.29, 0.717) is 12.1 Å². The molecule has 0 heterocycles. The van der Waals surface area contributed by atoms with Gasteiger partial charge in [0, 0.05) is 5.56 Å². The molecule has 13 heavy (non-hydrogen) atoms. The second-order valence-corrected chi connectivity index (χ2v) is 2.47. The first kappa shape index (κ1) is 9.76. The Labute approximate surface area is 71.4 Å². The highest BCUT2D eigenvalue weighted by Gasteiger charge is 2.28. The minimum atomic E-state index is -5.34. The normalized spacial score (nSPS) is 11.4. The lowest BCUT2D eigenvalue weighted by atomic mass is 9.79. The van der Waals surface area contributed by atoms with Crippen LogP contribution in [0.1, 0.15) is 10.4 Å². The Balaban J connectivity index is 3.20. The smallest absolute Gasteiger partial charge is 0.445 e. The quantitative estimate of drug-likeness (QED) is 0.394. The summed E-state index contributed by atoms with van der Waals surface area (Å²) in [4.78, 5) is 10.1. The third kappa shape index (κ3) is 2.08. The van der Waals surface area contributed by atoms with Crippen LogP contribution in [0.3, 0.4) is 0 Å². The molecule has 0 radical (unpaired) electrons. The molecule has 0 N–H and O–H groups in total. The Bertz CT molecular complexity index is 334. The van der Waals surface area contributed by atoms with Crippen LogP contribution in [0.25, 0.3) is 0 Å². The molecule has 0 amide bonds. The van der Waals surface area contributed by atoms with Gasteiger partial charge in [-0.25, -0.2) is 4.39 Å². The summed E-state index contributed by atoms with van der Waals surface area (Å²) < 4.78 is 48.7. The highest BCUT2D eigenvalue weighted by molar-refractivity contribution is 6.73. The fourth-order valence-corrected chi connectivity index (χ4v) is 0.882. The summed E-state index contributed by atoms with van der Waals surface area (Å²) in [6.45, 7) is -5.34. The third-order valence-electron chi connectivity index (χ3n) is 1.51. The maximum absolute atomic E-state index is 12.7. The van der Waals surface area contributed by atoms with Crippen LogP contribution in [-0.4, -0.2) is 13.3 Å². The van der Waals surface area contributed by atoms with Gasteiger partial charge in [-0.15, -0.1) is 0 Å². The molecule has 1 aromatic rings. The summed E-state index contributed by atoms with van der Waals surface area (Å²) in [5.74, 6) is -1.41. The van der Waals surface area contributed by atoms with Gasteiger partial charge in [-0.2, -0.15) is 0 Å². The molecule has 1 rings (SSSR count). The third-order valence-corrected chi connectivity index (χ3v) is 1.51. The molecule has 0 aliphatic heterocycles. The van der Waals surface area contributed by atoms with Gasteiger partial charge in [-0.3, -0.25) is 4.79 Å². The number of halogens is 4. The van der Waals surface area contributed by atoms with Crippen molar-refractivity contribution in [3.63, 3.8) is 0 Å². The lowest BCUT2D eigenvalue weighted by Crippen LogP contribution is -2.36. The van der Waals surface area contributed by atoms with Crippen molar-refractivity contribution < 1.29 is 22.1 Å². The second-order valence-electron chi connectivity index (χ2n) is 2.47. The number of hydrogen-bond acceptors (Lipinski definition) is 1. The van der Waals surface area contributed by atoms with Crippen LogP contribution in [-0.2, 0) is 0 Å². The SMILES string of the molecule is O=Cc1ccc([B-](F)(F)F)c(F)c1. The van der Waals surface area contributed by atoms with Gasteiger partial charge >= 0.3 is 6.98 Å². The summed E-state index contributed by atoms with van der Waals surface area (Å²) in [6.07, 6.45) is 0.288. The maximum Gasteiger partial charge on any atom is 0.512 e. The van der Waals surface area contributed by atoms with E-state index in [4.69, 9.17) is 0 Å². The number of benzene rings is 1. The first-order valence-electron chi connectivity index (χ1n) is 3.39. The molecule has 0 atom stereocenters. The Hall–Kier alpha value is -1.33. The van der Waals surface area contributed by atoms with E-state index in [-0.39, 0.29) is 11.8 Å². The van der Waals surface area contributed by atoms with E-state index in [2.05, 4.69) is 0 Å². The number of rotatable bonds is 2. The average Bonchev–Trinajstić information content (AvgIpc) is 2.01. The van der Waals surface area contributed by atoms with Gasteiger partial charge in [0.25, 0.3) is 0 Å². The van der Waals surface area contributed by atoms with Crippen molar-refractivity contribution in [1.29, 1.82) is 0 Å². The van der Waals surface area contributed by atoms with Crippen molar-refractivity contribution in [2.24, 2.45) is 0 Å². The van der Waals surface area contributed by atoms with E-state index in [0.717, 1.165) is 6.07 Å². The zero-order valence-corrected chi connectivity index (χ0v) is 6.31. The lowest BCUT2D eigenvalue weighted by Gasteiger charge is -2.15. The molecule has 0 aromatic heterocycles. The van der Waals surface area contributed by atoms with Crippen molar-refractivity contribution in [2.45, 2.75) is 0 Å². The minimum Gasteiger partial charge on any atom is -0.445 e. The first-order chi connectivity index (χ1) is 5.95. The molecule has 0 saturated carbocycles. The predicted molar refractivity (Wildman–Crippen MR) is 40.5 cm³/mol. The zero-order chi connectivity index (χ0) is 10.1. The van der Waals surface area contributed by atoms with E-state index in [1.165, 1.54) is 0 Å². The van der Waals surface area contributed by atoms with Crippen molar-refractivity contribution in [3.05, 3.63) is 29.6 Å². The Morgan fingerprint density at radius 3 is 2.23 bits per heavy atom. The Morgan fingerprint density at radius 2 is 1.85 bits per heavy atom. The van der Waals surface area contributed by atoms with Crippen LogP contribution in [0.15, 0.2) is 18.2 Å². The fraction of sp³-hybridized carbons (Fsp3) is 0. The van der Waals surface area contributed by atoms with Crippen LogP contribution in [0.5, 0.6) is 0 Å². The molecule has 70 valence electrons. The van der Waals surface area contributed by atoms with Gasteiger partial charge in [0.05, 0.1) is 5.82 Å². The van der Waals surface area contributed by atoms with Crippen molar-refractivity contribution in [1.82, 2.24) is 0 Å². The predicted octanol–water partition coefficient (Wildman–Crippen LogP) is 1.69. The number of carbonyl (C=O) groups excluding carboxylic acids is 1. The van der Waals surface area contributed by atoms with E-state index < -0.39 is 18.3 Å². The lowest BCUT2D eigenvalue weighted by molar-refractivity contribution is 0.112. The molecule has 1 nitrogen and oxygen atoms in total. The molecule has 0 unspecified atom stereocenters. The molecule has 0 aliphatic carbocycles. The minimum absolute atomic E-state index is 0.110. The zero-order valence-electron chi connectivity index (χ0n) is 6.31. The highest BCUT2D eigenvalue weighted by atomic mass is 19.4. The monoisotopic (exact) mass is 191 g/mol.